The number of piperidine rings is 1. The minimum atomic E-state index is -4.33. The molecule has 1 aromatic heterocycles. The van der Waals surface area contributed by atoms with Crippen molar-refractivity contribution in [3.8, 4) is 0 Å². The maximum absolute atomic E-state index is 12.8. The summed E-state index contributed by atoms with van der Waals surface area (Å²) in [6.07, 6.45) is -0.909. The molecule has 0 aromatic carbocycles. The van der Waals surface area contributed by atoms with Gasteiger partial charge in [0.2, 0.25) is 0 Å². The fraction of sp³-hybridized carbons (Fsp3) is 0.583. The molecule has 0 bridgehead atoms. The Morgan fingerprint density at radius 1 is 1.41 bits per heavy atom. The first-order valence-corrected chi connectivity index (χ1v) is 5.75. The summed E-state index contributed by atoms with van der Waals surface area (Å²) in [4.78, 5) is 5.66. The number of pyridine rings is 1. The number of nitrogens with zero attached hydrogens (tertiary/aromatic N) is 2. The third-order valence-electron chi connectivity index (χ3n) is 3.05. The van der Waals surface area contributed by atoms with Gasteiger partial charge in [0.05, 0.1) is 5.56 Å². The smallest absolute Gasteiger partial charge is 0.356 e. The molecule has 0 spiro atoms. The summed E-state index contributed by atoms with van der Waals surface area (Å²) in [6.45, 7) is 3.37. The standard InChI is InChI=1S/C12H15F3N2/c1-9-4-3-7-17(8-9)11-10(12(13,14)15)5-2-6-16-11/h2,5-6,9H,3-4,7-8H2,1H3/t9-/m1/s1. The Kier molecular flexibility index (Phi) is 3.26. The maximum atomic E-state index is 12.8. The molecule has 2 rings (SSSR count). The number of aromatic nitrogens is 1. The van der Waals surface area contributed by atoms with E-state index < -0.39 is 11.7 Å². The van der Waals surface area contributed by atoms with Crippen molar-refractivity contribution >= 4 is 5.82 Å². The monoisotopic (exact) mass is 244 g/mol. The van der Waals surface area contributed by atoms with E-state index >= 15 is 0 Å². The highest BCUT2D eigenvalue weighted by Crippen LogP contribution is 2.36. The Hall–Kier alpha value is -1.26. The van der Waals surface area contributed by atoms with Crippen LogP contribution in [0.1, 0.15) is 25.3 Å². The van der Waals surface area contributed by atoms with Crippen LogP contribution in [0.5, 0.6) is 0 Å². The van der Waals surface area contributed by atoms with Crippen LogP contribution in [-0.4, -0.2) is 18.1 Å². The van der Waals surface area contributed by atoms with E-state index in [9.17, 15) is 13.2 Å². The van der Waals surface area contributed by atoms with E-state index in [2.05, 4.69) is 11.9 Å². The van der Waals surface area contributed by atoms with Crippen molar-refractivity contribution in [3.63, 3.8) is 0 Å². The van der Waals surface area contributed by atoms with E-state index in [1.807, 2.05) is 0 Å². The second kappa shape index (κ2) is 4.55. The van der Waals surface area contributed by atoms with E-state index in [0.29, 0.717) is 19.0 Å². The molecule has 0 unspecified atom stereocenters. The van der Waals surface area contributed by atoms with Gasteiger partial charge in [0.1, 0.15) is 5.82 Å². The molecule has 5 heteroatoms. The predicted molar refractivity (Wildman–Crippen MR) is 59.9 cm³/mol. The molecular weight excluding hydrogens is 229 g/mol. The molecule has 1 aliphatic heterocycles. The van der Waals surface area contributed by atoms with Gasteiger partial charge < -0.3 is 4.90 Å². The largest absolute Gasteiger partial charge is 0.419 e. The van der Waals surface area contributed by atoms with Crippen LogP contribution in [0.3, 0.4) is 0 Å². The molecule has 94 valence electrons. The van der Waals surface area contributed by atoms with Crippen molar-refractivity contribution in [1.82, 2.24) is 4.98 Å². The Morgan fingerprint density at radius 2 is 2.18 bits per heavy atom. The zero-order chi connectivity index (χ0) is 12.5. The third-order valence-corrected chi connectivity index (χ3v) is 3.05. The molecule has 0 aliphatic carbocycles. The highest BCUT2D eigenvalue weighted by Gasteiger charge is 2.36. The normalized spacial score (nSPS) is 21.6. The van der Waals surface area contributed by atoms with Crippen LogP contribution in [0.15, 0.2) is 18.3 Å². The molecule has 1 atom stereocenters. The lowest BCUT2D eigenvalue weighted by molar-refractivity contribution is -0.137. The number of hydrogen-bond donors (Lipinski definition) is 0. The minimum Gasteiger partial charge on any atom is -0.356 e. The second-order valence-electron chi connectivity index (χ2n) is 4.57. The Bertz CT molecular complexity index is 390. The lowest BCUT2D eigenvalue weighted by Gasteiger charge is -2.33. The average molecular weight is 244 g/mol. The zero-order valence-electron chi connectivity index (χ0n) is 9.67. The summed E-state index contributed by atoms with van der Waals surface area (Å²) >= 11 is 0. The molecular formula is C12H15F3N2. The molecule has 1 saturated heterocycles. The molecule has 17 heavy (non-hydrogen) atoms. The molecule has 0 amide bonds. The van der Waals surface area contributed by atoms with E-state index in [4.69, 9.17) is 0 Å². The van der Waals surface area contributed by atoms with Crippen LogP contribution >= 0.6 is 0 Å². The van der Waals surface area contributed by atoms with Crippen molar-refractivity contribution in [2.45, 2.75) is 25.9 Å². The maximum Gasteiger partial charge on any atom is 0.419 e. The SMILES string of the molecule is C[C@@H]1CCCN(c2ncccc2C(F)(F)F)C1. The molecule has 2 nitrogen and oxygen atoms in total. The van der Waals surface area contributed by atoms with Gasteiger partial charge in [0, 0.05) is 19.3 Å². The van der Waals surface area contributed by atoms with Crippen LogP contribution < -0.4 is 4.90 Å². The Labute approximate surface area is 98.5 Å². The lowest BCUT2D eigenvalue weighted by Crippen LogP contribution is -2.36. The molecule has 0 N–H and O–H groups in total. The summed E-state index contributed by atoms with van der Waals surface area (Å²) in [6, 6.07) is 2.43. The molecule has 1 aliphatic rings. The number of hydrogen-bond acceptors (Lipinski definition) is 2. The van der Waals surface area contributed by atoms with Gasteiger partial charge in [0.25, 0.3) is 0 Å². The van der Waals surface area contributed by atoms with Gasteiger partial charge in [-0.3, -0.25) is 0 Å². The summed E-state index contributed by atoms with van der Waals surface area (Å²) in [5.41, 5.74) is -0.630. The van der Waals surface area contributed by atoms with Crippen LogP contribution in [0.25, 0.3) is 0 Å². The van der Waals surface area contributed by atoms with Gasteiger partial charge in [-0.15, -0.1) is 0 Å². The average Bonchev–Trinajstić information content (AvgIpc) is 2.28. The second-order valence-corrected chi connectivity index (χ2v) is 4.57. The van der Waals surface area contributed by atoms with Crippen molar-refractivity contribution in [1.29, 1.82) is 0 Å². The molecule has 0 radical (unpaired) electrons. The van der Waals surface area contributed by atoms with Crippen molar-refractivity contribution < 1.29 is 13.2 Å². The Morgan fingerprint density at radius 3 is 2.82 bits per heavy atom. The van der Waals surface area contributed by atoms with E-state index in [1.54, 1.807) is 4.90 Å². The number of anilines is 1. The van der Waals surface area contributed by atoms with Crippen molar-refractivity contribution in [3.05, 3.63) is 23.9 Å². The summed E-state index contributed by atoms with van der Waals surface area (Å²) in [5, 5.41) is 0. The summed E-state index contributed by atoms with van der Waals surface area (Å²) < 4.78 is 38.5. The van der Waals surface area contributed by atoms with Gasteiger partial charge in [-0.1, -0.05) is 6.92 Å². The lowest BCUT2D eigenvalue weighted by atomic mass is 10.00. The van der Waals surface area contributed by atoms with Crippen molar-refractivity contribution in [2.75, 3.05) is 18.0 Å². The van der Waals surface area contributed by atoms with Crippen molar-refractivity contribution in [2.24, 2.45) is 5.92 Å². The topological polar surface area (TPSA) is 16.1 Å². The first-order valence-electron chi connectivity index (χ1n) is 5.75. The highest BCUT2D eigenvalue weighted by atomic mass is 19.4. The predicted octanol–water partition coefficient (Wildman–Crippen LogP) is 3.34. The van der Waals surface area contributed by atoms with Crippen LogP contribution in [0.4, 0.5) is 19.0 Å². The van der Waals surface area contributed by atoms with Gasteiger partial charge in [-0.2, -0.15) is 13.2 Å². The van der Waals surface area contributed by atoms with Gasteiger partial charge >= 0.3 is 6.18 Å². The fourth-order valence-electron chi connectivity index (χ4n) is 2.25. The molecule has 1 fully saturated rings. The van der Waals surface area contributed by atoms with Gasteiger partial charge in [-0.25, -0.2) is 4.98 Å². The minimum absolute atomic E-state index is 0.0755. The first-order chi connectivity index (χ1) is 7.98. The Balaban J connectivity index is 2.31. The number of halogens is 3. The highest BCUT2D eigenvalue weighted by molar-refractivity contribution is 5.48. The number of rotatable bonds is 1. The third kappa shape index (κ3) is 2.70. The quantitative estimate of drug-likeness (QED) is 0.753. The van der Waals surface area contributed by atoms with E-state index in [-0.39, 0.29) is 5.82 Å². The van der Waals surface area contributed by atoms with E-state index in [1.165, 1.54) is 12.3 Å². The van der Waals surface area contributed by atoms with Crippen LogP contribution in [0.2, 0.25) is 0 Å². The molecule has 1 aromatic rings. The molecule has 0 saturated carbocycles. The molecule has 2 heterocycles. The van der Waals surface area contributed by atoms with E-state index in [0.717, 1.165) is 18.9 Å². The van der Waals surface area contributed by atoms with Gasteiger partial charge in [-0.05, 0) is 30.9 Å². The van der Waals surface area contributed by atoms with Crippen LogP contribution in [-0.2, 0) is 6.18 Å². The summed E-state index contributed by atoms with van der Waals surface area (Å²) in [5.74, 6) is 0.499. The fourth-order valence-corrected chi connectivity index (χ4v) is 2.25. The van der Waals surface area contributed by atoms with Crippen LogP contribution in [0, 0.1) is 5.92 Å². The first kappa shape index (κ1) is 12.2. The summed E-state index contributed by atoms with van der Waals surface area (Å²) in [7, 11) is 0. The number of alkyl halides is 3. The van der Waals surface area contributed by atoms with Gasteiger partial charge in [0.15, 0.2) is 0 Å². The zero-order valence-corrected chi connectivity index (χ0v) is 9.67.